The van der Waals surface area contributed by atoms with Gasteiger partial charge in [0.05, 0.1) is 24.3 Å². The summed E-state index contributed by atoms with van der Waals surface area (Å²) in [5.41, 5.74) is 1.58. The van der Waals surface area contributed by atoms with Crippen molar-refractivity contribution >= 4 is 23.4 Å². The minimum Gasteiger partial charge on any atom is -0.469 e. The Hall–Kier alpha value is -3.82. The Morgan fingerprint density at radius 3 is 2.33 bits per heavy atom. The number of aromatic nitrogens is 3. The lowest BCUT2D eigenvalue weighted by molar-refractivity contribution is -0.146. The van der Waals surface area contributed by atoms with Crippen LogP contribution in [0.3, 0.4) is 0 Å². The zero-order valence-corrected chi connectivity index (χ0v) is 19.8. The van der Waals surface area contributed by atoms with Gasteiger partial charge in [0, 0.05) is 23.9 Å². The Kier molecular flexibility index (Phi) is 7.32. The zero-order chi connectivity index (χ0) is 25.9. The molecule has 0 bridgehead atoms. The van der Waals surface area contributed by atoms with E-state index in [9.17, 15) is 22.8 Å². The van der Waals surface area contributed by atoms with Gasteiger partial charge >= 0.3 is 12.1 Å². The third-order valence-electron chi connectivity index (χ3n) is 6.26. The summed E-state index contributed by atoms with van der Waals surface area (Å²) < 4.78 is 43.8. The summed E-state index contributed by atoms with van der Waals surface area (Å²) >= 11 is 0. The first-order chi connectivity index (χ1) is 17.1. The highest BCUT2D eigenvalue weighted by Gasteiger charge is 2.32. The Morgan fingerprint density at radius 1 is 0.972 bits per heavy atom. The Labute approximate surface area is 206 Å². The Bertz CT molecular complexity index is 1250. The van der Waals surface area contributed by atoms with E-state index in [1.54, 1.807) is 24.4 Å². The van der Waals surface area contributed by atoms with Crippen molar-refractivity contribution in [2.24, 2.45) is 11.8 Å². The maximum absolute atomic E-state index is 13.0. The van der Waals surface area contributed by atoms with Crippen molar-refractivity contribution in [3.8, 4) is 11.3 Å². The van der Waals surface area contributed by atoms with Crippen LogP contribution in [0.25, 0.3) is 11.3 Å². The number of anilines is 2. The van der Waals surface area contributed by atoms with E-state index < -0.39 is 11.7 Å². The predicted molar refractivity (Wildman–Crippen MR) is 127 cm³/mol. The number of rotatable bonds is 6. The fourth-order valence-electron chi connectivity index (χ4n) is 4.34. The monoisotopic (exact) mass is 498 g/mol. The zero-order valence-electron chi connectivity index (χ0n) is 19.8. The molecule has 0 amide bonds. The molecule has 0 aliphatic heterocycles. The number of esters is 1. The molecular weight excluding hydrogens is 473 g/mol. The number of ketones is 1. The molecule has 1 saturated carbocycles. The summed E-state index contributed by atoms with van der Waals surface area (Å²) in [6, 6.07) is 8.73. The van der Waals surface area contributed by atoms with Crippen molar-refractivity contribution in [3.63, 3.8) is 0 Å². The molecule has 1 aliphatic carbocycles. The molecule has 3 aromatic heterocycles. The number of Topliss-reactive ketones (excluding diaryl/α,β-unsaturated/α-hetero) is 1. The molecule has 0 spiro atoms. The van der Waals surface area contributed by atoms with Gasteiger partial charge in [0.25, 0.3) is 0 Å². The minimum absolute atomic E-state index is 0.0230. The van der Waals surface area contributed by atoms with Crippen molar-refractivity contribution in [1.82, 2.24) is 15.0 Å². The van der Waals surface area contributed by atoms with Gasteiger partial charge in [-0.25, -0.2) is 9.97 Å². The van der Waals surface area contributed by atoms with Crippen LogP contribution in [-0.4, -0.2) is 33.8 Å². The van der Waals surface area contributed by atoms with Crippen molar-refractivity contribution in [3.05, 3.63) is 65.6 Å². The summed E-state index contributed by atoms with van der Waals surface area (Å²) in [5.74, 6) is -0.270. The number of aryl methyl sites for hydroxylation is 1. The van der Waals surface area contributed by atoms with Crippen LogP contribution in [0.5, 0.6) is 0 Å². The van der Waals surface area contributed by atoms with Crippen molar-refractivity contribution < 1.29 is 27.5 Å². The molecule has 0 aromatic carbocycles. The van der Waals surface area contributed by atoms with Crippen molar-refractivity contribution in [2.75, 3.05) is 12.4 Å². The second-order valence-corrected chi connectivity index (χ2v) is 8.84. The van der Waals surface area contributed by atoms with E-state index >= 15 is 0 Å². The second-order valence-electron chi connectivity index (χ2n) is 8.84. The molecule has 3 heterocycles. The number of carbonyl (C=O) groups excluding carboxylic acids is 2. The maximum Gasteiger partial charge on any atom is 0.416 e. The van der Waals surface area contributed by atoms with Gasteiger partial charge in [-0.15, -0.1) is 0 Å². The lowest BCUT2D eigenvalue weighted by Gasteiger charge is -2.25. The molecule has 1 fully saturated rings. The third-order valence-corrected chi connectivity index (χ3v) is 6.26. The van der Waals surface area contributed by atoms with Gasteiger partial charge in [0.2, 0.25) is 0 Å². The average Bonchev–Trinajstić information content (AvgIpc) is 2.87. The standard InChI is InChI=1S/C26H25F3N4O3/c1-15-11-21(32-23(12-15)33-22-13-19(9-10-30-22)26(27,28)29)18-7-8-20(31-14-18)24(34)16-3-5-17(6-4-16)25(35)36-2/h7-14,16-17H,3-6H2,1-2H3,(H,30,32,33)/t16-,17-. The second kappa shape index (κ2) is 10.4. The minimum atomic E-state index is -4.48. The van der Waals surface area contributed by atoms with Crippen LogP contribution < -0.4 is 5.32 Å². The third kappa shape index (κ3) is 5.87. The Morgan fingerprint density at radius 2 is 1.69 bits per heavy atom. The largest absolute Gasteiger partial charge is 0.469 e. The first kappa shape index (κ1) is 25.3. The fourth-order valence-corrected chi connectivity index (χ4v) is 4.34. The molecule has 36 heavy (non-hydrogen) atoms. The first-order valence-electron chi connectivity index (χ1n) is 11.5. The summed E-state index contributed by atoms with van der Waals surface area (Å²) in [6.07, 6.45) is 0.622. The van der Waals surface area contributed by atoms with E-state index in [-0.39, 0.29) is 29.4 Å². The van der Waals surface area contributed by atoms with Gasteiger partial charge in [-0.05, 0) is 74.6 Å². The lowest BCUT2D eigenvalue weighted by atomic mass is 9.79. The van der Waals surface area contributed by atoms with E-state index in [1.165, 1.54) is 7.11 Å². The molecule has 7 nitrogen and oxygen atoms in total. The topological polar surface area (TPSA) is 94.1 Å². The number of hydrogen-bond donors (Lipinski definition) is 1. The van der Waals surface area contributed by atoms with Gasteiger partial charge in [-0.3, -0.25) is 14.6 Å². The van der Waals surface area contributed by atoms with Gasteiger partial charge in [-0.1, -0.05) is 0 Å². The van der Waals surface area contributed by atoms with Crippen LogP contribution in [-0.2, 0) is 15.7 Å². The number of nitrogens with zero attached hydrogens (tertiary/aromatic N) is 3. The van der Waals surface area contributed by atoms with Crippen molar-refractivity contribution in [1.29, 1.82) is 0 Å². The van der Waals surface area contributed by atoms with Gasteiger partial charge in [-0.2, -0.15) is 13.2 Å². The first-order valence-corrected chi connectivity index (χ1v) is 11.5. The number of pyridine rings is 3. The highest BCUT2D eigenvalue weighted by Crippen LogP contribution is 2.32. The fraction of sp³-hybridized carbons (Fsp3) is 0.346. The van der Waals surface area contributed by atoms with Gasteiger partial charge in [0.1, 0.15) is 17.3 Å². The van der Waals surface area contributed by atoms with E-state index in [0.29, 0.717) is 48.5 Å². The predicted octanol–water partition coefficient (Wildman–Crippen LogP) is 5.77. The molecule has 1 N–H and O–H groups in total. The van der Waals surface area contributed by atoms with Crippen LogP contribution >= 0.6 is 0 Å². The van der Waals surface area contributed by atoms with Crippen LogP contribution in [0.2, 0.25) is 0 Å². The summed E-state index contributed by atoms with van der Waals surface area (Å²) in [7, 11) is 1.37. The number of nitrogens with one attached hydrogen (secondary N) is 1. The quantitative estimate of drug-likeness (QED) is 0.341. The maximum atomic E-state index is 13.0. The molecule has 4 rings (SSSR count). The molecule has 0 saturated heterocycles. The van der Waals surface area contributed by atoms with E-state index in [4.69, 9.17) is 4.74 Å². The normalized spacial score (nSPS) is 17.9. The van der Waals surface area contributed by atoms with Gasteiger partial charge in [0.15, 0.2) is 5.78 Å². The summed E-state index contributed by atoms with van der Waals surface area (Å²) in [4.78, 5) is 37.4. The molecule has 188 valence electrons. The van der Waals surface area contributed by atoms with E-state index in [2.05, 4.69) is 20.3 Å². The SMILES string of the molecule is COC(=O)[C@H]1CC[C@H](C(=O)c2ccc(-c3cc(C)cc(Nc4cc(C(F)(F)F)ccn4)n3)cn2)CC1. The van der Waals surface area contributed by atoms with Crippen LogP contribution in [0.1, 0.15) is 47.3 Å². The van der Waals surface area contributed by atoms with Gasteiger partial charge < -0.3 is 10.1 Å². The van der Waals surface area contributed by atoms with E-state index in [1.807, 2.05) is 13.0 Å². The number of methoxy groups -OCH3 is 1. The molecule has 3 aromatic rings. The van der Waals surface area contributed by atoms with Crippen LogP contribution in [0, 0.1) is 18.8 Å². The molecule has 1 aliphatic rings. The number of carbonyl (C=O) groups is 2. The summed E-state index contributed by atoms with van der Waals surface area (Å²) in [5, 5.41) is 2.83. The highest BCUT2D eigenvalue weighted by atomic mass is 19.4. The number of ether oxygens (including phenoxy) is 1. The number of halogens is 3. The molecule has 0 unspecified atom stereocenters. The number of hydrogen-bond acceptors (Lipinski definition) is 7. The molecule has 0 radical (unpaired) electrons. The lowest BCUT2D eigenvalue weighted by Crippen LogP contribution is -2.27. The smallest absolute Gasteiger partial charge is 0.416 e. The molecular formula is C26H25F3N4O3. The molecule has 10 heteroatoms. The average molecular weight is 499 g/mol. The van der Waals surface area contributed by atoms with Crippen LogP contribution in [0.15, 0.2) is 48.8 Å². The summed E-state index contributed by atoms with van der Waals surface area (Å²) in [6.45, 7) is 1.84. The molecule has 0 atom stereocenters. The Balaban J connectivity index is 1.47. The number of alkyl halides is 3. The van der Waals surface area contributed by atoms with Crippen LogP contribution in [0.4, 0.5) is 24.8 Å². The van der Waals surface area contributed by atoms with E-state index in [0.717, 1.165) is 23.9 Å². The highest BCUT2D eigenvalue weighted by molar-refractivity contribution is 5.96. The van der Waals surface area contributed by atoms with Crippen molar-refractivity contribution in [2.45, 2.75) is 38.8 Å².